The minimum Gasteiger partial charge on any atom is -0.313 e. The number of amides is 2. The predicted molar refractivity (Wildman–Crippen MR) is 88.5 cm³/mol. The number of hydrogen-bond donors (Lipinski definition) is 2. The second-order valence-electron chi connectivity index (χ2n) is 5.77. The third-order valence-electron chi connectivity index (χ3n) is 4.37. The molecule has 0 radical (unpaired) electrons. The lowest BCUT2D eigenvalue weighted by Gasteiger charge is -2.28. The average Bonchev–Trinajstić information content (AvgIpc) is 2.89. The molecule has 4 heteroatoms. The number of hydrogen-bond acceptors (Lipinski definition) is 2. The highest BCUT2D eigenvalue weighted by Gasteiger charge is 2.42. The first-order valence-corrected chi connectivity index (χ1v) is 7.58. The fourth-order valence-electron chi connectivity index (χ4n) is 2.79. The van der Waals surface area contributed by atoms with Crippen LogP contribution in [-0.2, 0) is 5.66 Å². The Balaban J connectivity index is 1.96. The van der Waals surface area contributed by atoms with Crippen molar-refractivity contribution in [3.05, 3.63) is 65.2 Å². The van der Waals surface area contributed by atoms with Gasteiger partial charge in [-0.25, -0.2) is 9.80 Å². The maximum Gasteiger partial charge on any atom is 0.338 e. The van der Waals surface area contributed by atoms with Crippen molar-refractivity contribution >= 4 is 11.7 Å². The Morgan fingerprint density at radius 3 is 2.41 bits per heavy atom. The zero-order chi connectivity index (χ0) is 15.7. The van der Waals surface area contributed by atoms with Crippen LogP contribution in [0.2, 0.25) is 0 Å². The minimum absolute atomic E-state index is 0.131. The highest BCUT2D eigenvalue weighted by molar-refractivity contribution is 5.94. The fourth-order valence-corrected chi connectivity index (χ4v) is 2.79. The first-order valence-electron chi connectivity index (χ1n) is 7.58. The Morgan fingerprint density at radius 1 is 1.05 bits per heavy atom. The summed E-state index contributed by atoms with van der Waals surface area (Å²) in [6.45, 7) is 6.18. The number of anilines is 1. The van der Waals surface area contributed by atoms with Crippen LogP contribution in [-0.4, -0.2) is 6.03 Å². The van der Waals surface area contributed by atoms with E-state index < -0.39 is 5.66 Å². The van der Waals surface area contributed by atoms with Gasteiger partial charge < -0.3 is 5.32 Å². The number of urea groups is 1. The summed E-state index contributed by atoms with van der Waals surface area (Å²) >= 11 is 0. The molecule has 4 nitrogen and oxygen atoms in total. The third kappa shape index (κ3) is 2.35. The maximum atomic E-state index is 12.5. The molecule has 2 N–H and O–H groups in total. The molecular weight excluding hydrogens is 274 g/mol. The van der Waals surface area contributed by atoms with Crippen molar-refractivity contribution in [2.45, 2.75) is 32.9 Å². The molecule has 22 heavy (non-hydrogen) atoms. The maximum absolute atomic E-state index is 12.5. The lowest BCUT2D eigenvalue weighted by Crippen LogP contribution is -2.47. The molecule has 0 saturated carbocycles. The summed E-state index contributed by atoms with van der Waals surface area (Å²) in [5, 5.41) is 4.69. The summed E-state index contributed by atoms with van der Waals surface area (Å²) in [7, 11) is 0. The van der Waals surface area contributed by atoms with Crippen molar-refractivity contribution < 1.29 is 4.79 Å². The molecule has 1 atom stereocenters. The van der Waals surface area contributed by atoms with Crippen LogP contribution < -0.4 is 15.8 Å². The van der Waals surface area contributed by atoms with E-state index in [1.54, 1.807) is 5.01 Å². The van der Waals surface area contributed by atoms with E-state index in [0.717, 1.165) is 17.7 Å². The quantitative estimate of drug-likeness (QED) is 0.908. The van der Waals surface area contributed by atoms with E-state index >= 15 is 0 Å². The molecule has 1 heterocycles. The van der Waals surface area contributed by atoms with Crippen molar-refractivity contribution in [1.82, 2.24) is 10.7 Å². The van der Waals surface area contributed by atoms with E-state index in [2.05, 4.69) is 31.5 Å². The Hall–Kier alpha value is -2.33. The summed E-state index contributed by atoms with van der Waals surface area (Å²) in [5.41, 5.74) is 7.09. The number of carbonyl (C=O) groups is 1. The molecule has 1 fully saturated rings. The number of rotatable bonds is 3. The lowest BCUT2D eigenvalue weighted by molar-refractivity contribution is 0.245. The Bertz CT molecular complexity index is 699. The second kappa shape index (κ2) is 5.46. The van der Waals surface area contributed by atoms with Crippen LogP contribution in [0.1, 0.15) is 30.0 Å². The summed E-state index contributed by atoms with van der Waals surface area (Å²) in [4.78, 5) is 12.5. The third-order valence-corrected chi connectivity index (χ3v) is 4.37. The molecule has 2 aromatic rings. The molecule has 1 aliphatic heterocycles. The van der Waals surface area contributed by atoms with Crippen LogP contribution in [0.4, 0.5) is 10.5 Å². The average molecular weight is 295 g/mol. The molecule has 3 rings (SSSR count). The van der Waals surface area contributed by atoms with Gasteiger partial charge in [-0.1, -0.05) is 43.3 Å². The summed E-state index contributed by atoms with van der Waals surface area (Å²) in [6, 6.07) is 15.9. The molecule has 2 amide bonds. The van der Waals surface area contributed by atoms with E-state index in [-0.39, 0.29) is 6.03 Å². The highest BCUT2D eigenvalue weighted by atomic mass is 16.2. The van der Waals surface area contributed by atoms with Gasteiger partial charge in [0, 0.05) is 0 Å². The highest BCUT2D eigenvalue weighted by Crippen LogP contribution is 2.30. The fraction of sp³-hybridized carbons (Fsp3) is 0.278. The van der Waals surface area contributed by atoms with Crippen molar-refractivity contribution in [2.75, 3.05) is 5.01 Å². The van der Waals surface area contributed by atoms with Gasteiger partial charge in [0.2, 0.25) is 0 Å². The number of benzene rings is 2. The van der Waals surface area contributed by atoms with E-state index in [0.29, 0.717) is 0 Å². The molecule has 0 spiro atoms. The summed E-state index contributed by atoms with van der Waals surface area (Å²) in [5.74, 6) is 0. The number of nitrogens with zero attached hydrogens (tertiary/aromatic N) is 1. The Labute approximate surface area is 131 Å². The van der Waals surface area contributed by atoms with Crippen molar-refractivity contribution in [2.24, 2.45) is 0 Å². The van der Waals surface area contributed by atoms with Crippen LogP contribution in [0.25, 0.3) is 0 Å². The summed E-state index contributed by atoms with van der Waals surface area (Å²) < 4.78 is 0. The van der Waals surface area contributed by atoms with Crippen LogP contribution in [0, 0.1) is 13.8 Å². The van der Waals surface area contributed by atoms with Gasteiger partial charge in [0.25, 0.3) is 0 Å². The number of nitrogens with one attached hydrogen (secondary N) is 2. The van der Waals surface area contributed by atoms with E-state index in [1.165, 1.54) is 11.1 Å². The molecule has 0 bridgehead atoms. The molecule has 0 unspecified atom stereocenters. The van der Waals surface area contributed by atoms with Crippen LogP contribution in [0.15, 0.2) is 48.5 Å². The van der Waals surface area contributed by atoms with Crippen LogP contribution >= 0.6 is 0 Å². The minimum atomic E-state index is -0.558. The van der Waals surface area contributed by atoms with Gasteiger partial charge in [-0.3, -0.25) is 0 Å². The zero-order valence-corrected chi connectivity index (χ0v) is 13.2. The van der Waals surface area contributed by atoms with E-state index in [1.807, 2.05) is 48.5 Å². The number of aryl methyl sites for hydroxylation is 2. The van der Waals surface area contributed by atoms with Crippen molar-refractivity contribution in [3.63, 3.8) is 0 Å². The van der Waals surface area contributed by atoms with Gasteiger partial charge >= 0.3 is 6.03 Å². The molecule has 1 aliphatic rings. The van der Waals surface area contributed by atoms with Crippen LogP contribution in [0.3, 0.4) is 0 Å². The SMILES string of the molecule is CC[C@]1(c2ccccc2)NC(=O)N(c2ccc(C)c(C)c2)N1. The molecule has 0 aromatic heterocycles. The Kier molecular flexibility index (Phi) is 3.62. The van der Waals surface area contributed by atoms with Gasteiger partial charge in [-0.2, -0.15) is 5.43 Å². The van der Waals surface area contributed by atoms with Gasteiger partial charge in [0.05, 0.1) is 5.69 Å². The molecule has 114 valence electrons. The van der Waals surface area contributed by atoms with Gasteiger partial charge in [-0.15, -0.1) is 0 Å². The number of carbonyl (C=O) groups excluding carboxylic acids is 1. The van der Waals surface area contributed by atoms with E-state index in [4.69, 9.17) is 0 Å². The van der Waals surface area contributed by atoms with Crippen molar-refractivity contribution in [3.8, 4) is 0 Å². The van der Waals surface area contributed by atoms with E-state index in [9.17, 15) is 4.79 Å². The van der Waals surface area contributed by atoms with Gasteiger partial charge in [-0.05, 0) is 49.1 Å². The van der Waals surface area contributed by atoms with Gasteiger partial charge in [0.15, 0.2) is 0 Å². The second-order valence-corrected chi connectivity index (χ2v) is 5.77. The largest absolute Gasteiger partial charge is 0.338 e. The molecular formula is C18H21N3O. The van der Waals surface area contributed by atoms with Gasteiger partial charge in [0.1, 0.15) is 5.66 Å². The Morgan fingerprint density at radius 2 is 1.77 bits per heavy atom. The van der Waals surface area contributed by atoms with Crippen molar-refractivity contribution in [1.29, 1.82) is 0 Å². The zero-order valence-electron chi connectivity index (χ0n) is 13.2. The first-order chi connectivity index (χ1) is 10.6. The normalized spacial score (nSPS) is 21.0. The molecule has 0 aliphatic carbocycles. The lowest BCUT2D eigenvalue weighted by atomic mass is 9.98. The monoisotopic (exact) mass is 295 g/mol. The first kappa shape index (κ1) is 14.6. The summed E-state index contributed by atoms with van der Waals surface area (Å²) in [6.07, 6.45) is 0.754. The standard InChI is InChI=1S/C18H21N3O/c1-4-18(15-8-6-5-7-9-15)19-17(22)21(20-18)16-11-10-13(2)14(3)12-16/h5-12,20H,4H2,1-3H3,(H,19,22)/t18-/m0/s1. The number of hydrazine groups is 1. The predicted octanol–water partition coefficient (Wildman–Crippen LogP) is 3.60. The molecule has 1 saturated heterocycles. The topological polar surface area (TPSA) is 44.4 Å². The smallest absolute Gasteiger partial charge is 0.313 e. The molecule has 2 aromatic carbocycles. The van der Waals surface area contributed by atoms with Crippen LogP contribution in [0.5, 0.6) is 0 Å².